The molecule has 0 aromatic heterocycles. The fourth-order valence-corrected chi connectivity index (χ4v) is 2.77. The van der Waals surface area contributed by atoms with Crippen LogP contribution in [-0.2, 0) is 5.41 Å². The summed E-state index contributed by atoms with van der Waals surface area (Å²) < 4.78 is 0. The van der Waals surface area contributed by atoms with Gasteiger partial charge in [0.15, 0.2) is 0 Å². The Kier molecular flexibility index (Phi) is 4.79. The van der Waals surface area contributed by atoms with Crippen molar-refractivity contribution in [2.75, 3.05) is 23.9 Å². The zero-order valence-corrected chi connectivity index (χ0v) is 14.9. The van der Waals surface area contributed by atoms with E-state index in [-0.39, 0.29) is 11.4 Å². The molecular weight excluding hydrogens is 284 g/mol. The minimum atomic E-state index is -0.0454. The third-order valence-electron chi connectivity index (χ3n) is 4.12. The number of hydrogen-bond donors (Lipinski definition) is 0. The number of nitrogens with zero attached hydrogens (tertiary/aromatic N) is 2. The Morgan fingerprint density at radius 3 is 1.87 bits per heavy atom. The maximum Gasteiger partial charge on any atom is 0.328 e. The van der Waals surface area contributed by atoms with E-state index in [1.165, 1.54) is 0 Å². The van der Waals surface area contributed by atoms with Crippen LogP contribution in [0.4, 0.5) is 16.2 Å². The first-order valence-corrected chi connectivity index (χ1v) is 7.90. The summed E-state index contributed by atoms with van der Waals surface area (Å²) in [5.41, 5.74) is 4.10. The van der Waals surface area contributed by atoms with Crippen molar-refractivity contribution in [3.05, 3.63) is 59.7 Å². The van der Waals surface area contributed by atoms with Crippen LogP contribution in [-0.4, -0.2) is 20.1 Å². The van der Waals surface area contributed by atoms with Crippen LogP contribution in [0.2, 0.25) is 0 Å². The summed E-state index contributed by atoms with van der Waals surface area (Å²) >= 11 is 0. The molecule has 0 bridgehead atoms. The summed E-state index contributed by atoms with van der Waals surface area (Å²) in [5, 5.41) is 0. The highest BCUT2D eigenvalue weighted by Gasteiger charge is 2.24. The molecule has 0 unspecified atom stereocenters. The van der Waals surface area contributed by atoms with Crippen molar-refractivity contribution in [2.45, 2.75) is 33.1 Å². The number of carbonyl (C=O) groups is 1. The highest BCUT2D eigenvalue weighted by molar-refractivity contribution is 6.03. The monoisotopic (exact) mass is 310 g/mol. The van der Waals surface area contributed by atoms with Crippen LogP contribution >= 0.6 is 0 Å². The largest absolute Gasteiger partial charge is 0.328 e. The van der Waals surface area contributed by atoms with Gasteiger partial charge >= 0.3 is 6.03 Å². The summed E-state index contributed by atoms with van der Waals surface area (Å²) in [5.74, 6) is 0. The van der Waals surface area contributed by atoms with Gasteiger partial charge in [0, 0.05) is 25.5 Å². The van der Waals surface area contributed by atoms with Crippen LogP contribution in [0, 0.1) is 6.92 Å². The van der Waals surface area contributed by atoms with Crippen molar-refractivity contribution in [1.29, 1.82) is 0 Å². The Hall–Kier alpha value is -2.29. The van der Waals surface area contributed by atoms with Crippen LogP contribution in [0.1, 0.15) is 31.9 Å². The maximum absolute atomic E-state index is 12.9. The van der Waals surface area contributed by atoms with E-state index in [0.717, 1.165) is 22.5 Å². The molecule has 0 atom stereocenters. The molecule has 2 aromatic carbocycles. The van der Waals surface area contributed by atoms with Crippen molar-refractivity contribution < 1.29 is 4.79 Å². The first kappa shape index (κ1) is 17.1. The molecule has 23 heavy (non-hydrogen) atoms. The molecule has 3 nitrogen and oxygen atoms in total. The second-order valence-corrected chi connectivity index (χ2v) is 6.95. The maximum atomic E-state index is 12.9. The van der Waals surface area contributed by atoms with Crippen molar-refractivity contribution in [3.8, 4) is 0 Å². The number of carbonyl (C=O) groups excluding carboxylic acids is 1. The molecule has 0 fully saturated rings. The van der Waals surface area contributed by atoms with E-state index in [2.05, 4.69) is 26.8 Å². The normalized spacial score (nSPS) is 11.2. The van der Waals surface area contributed by atoms with E-state index in [4.69, 9.17) is 0 Å². The van der Waals surface area contributed by atoms with E-state index in [1.54, 1.807) is 9.80 Å². The zero-order chi connectivity index (χ0) is 17.2. The van der Waals surface area contributed by atoms with Gasteiger partial charge in [0.1, 0.15) is 0 Å². The minimum Gasteiger partial charge on any atom is -0.297 e. The lowest BCUT2D eigenvalue weighted by atomic mass is 9.85. The van der Waals surface area contributed by atoms with Gasteiger partial charge in [-0.3, -0.25) is 9.80 Å². The number of amides is 2. The predicted octanol–water partition coefficient (Wildman–Crippen LogP) is 4.99. The molecule has 0 spiro atoms. The first-order chi connectivity index (χ1) is 10.7. The highest BCUT2D eigenvalue weighted by Crippen LogP contribution is 2.32. The fourth-order valence-electron chi connectivity index (χ4n) is 2.77. The quantitative estimate of drug-likeness (QED) is 0.767. The highest BCUT2D eigenvalue weighted by atomic mass is 16.2. The Bertz CT molecular complexity index is 701. The van der Waals surface area contributed by atoms with Gasteiger partial charge in [-0.05, 0) is 35.6 Å². The van der Waals surface area contributed by atoms with Gasteiger partial charge in [0.2, 0.25) is 0 Å². The molecule has 3 heteroatoms. The molecule has 2 amide bonds. The van der Waals surface area contributed by atoms with Crippen LogP contribution < -0.4 is 9.80 Å². The topological polar surface area (TPSA) is 23.6 Å². The van der Waals surface area contributed by atoms with Crippen molar-refractivity contribution >= 4 is 17.4 Å². The van der Waals surface area contributed by atoms with E-state index in [1.807, 2.05) is 63.5 Å². The van der Waals surface area contributed by atoms with Crippen molar-refractivity contribution in [1.82, 2.24) is 0 Å². The SMILES string of the molecule is Cc1ccccc1N(C)C(=O)N(C)c1ccccc1C(C)(C)C. The molecular formula is C20H26N2O. The lowest BCUT2D eigenvalue weighted by Crippen LogP contribution is -2.40. The Balaban J connectivity index is 2.36. The predicted molar refractivity (Wildman–Crippen MR) is 98.5 cm³/mol. The van der Waals surface area contributed by atoms with Gasteiger partial charge in [-0.15, -0.1) is 0 Å². The summed E-state index contributed by atoms with van der Waals surface area (Å²) in [6.07, 6.45) is 0. The first-order valence-electron chi connectivity index (χ1n) is 7.90. The van der Waals surface area contributed by atoms with Crippen molar-refractivity contribution in [2.24, 2.45) is 0 Å². The summed E-state index contributed by atoms with van der Waals surface area (Å²) in [4.78, 5) is 16.4. The third-order valence-corrected chi connectivity index (χ3v) is 4.12. The van der Waals surface area contributed by atoms with Crippen LogP contribution in [0.15, 0.2) is 48.5 Å². The van der Waals surface area contributed by atoms with Gasteiger partial charge in [0.05, 0.1) is 0 Å². The van der Waals surface area contributed by atoms with Gasteiger partial charge in [0.25, 0.3) is 0 Å². The van der Waals surface area contributed by atoms with E-state index < -0.39 is 0 Å². The van der Waals surface area contributed by atoms with Gasteiger partial charge in [-0.1, -0.05) is 57.2 Å². The summed E-state index contributed by atoms with van der Waals surface area (Å²) in [6.45, 7) is 8.50. The number of rotatable bonds is 2. The lowest BCUT2D eigenvalue weighted by Gasteiger charge is -2.31. The second-order valence-electron chi connectivity index (χ2n) is 6.95. The van der Waals surface area contributed by atoms with E-state index >= 15 is 0 Å². The van der Waals surface area contributed by atoms with Crippen LogP contribution in [0.3, 0.4) is 0 Å². The zero-order valence-electron chi connectivity index (χ0n) is 14.9. The standard InChI is InChI=1S/C20H26N2O/c1-15-11-7-9-13-17(15)21(5)19(23)22(6)18-14-10-8-12-16(18)20(2,3)4/h7-14H,1-6H3. The molecule has 2 rings (SSSR count). The number of benzene rings is 2. The number of hydrogen-bond acceptors (Lipinski definition) is 1. The van der Waals surface area contributed by atoms with Crippen LogP contribution in [0.5, 0.6) is 0 Å². The van der Waals surface area contributed by atoms with Crippen LogP contribution in [0.25, 0.3) is 0 Å². The average Bonchev–Trinajstić information content (AvgIpc) is 2.52. The average molecular weight is 310 g/mol. The van der Waals surface area contributed by atoms with E-state index in [0.29, 0.717) is 0 Å². The smallest absolute Gasteiger partial charge is 0.297 e. The molecule has 0 saturated heterocycles. The molecule has 0 aliphatic rings. The van der Waals surface area contributed by atoms with E-state index in [9.17, 15) is 4.79 Å². The number of aryl methyl sites for hydroxylation is 1. The molecule has 0 heterocycles. The molecule has 122 valence electrons. The summed E-state index contributed by atoms with van der Waals surface area (Å²) in [7, 11) is 3.66. The second kappa shape index (κ2) is 6.45. The van der Waals surface area contributed by atoms with Crippen molar-refractivity contribution in [3.63, 3.8) is 0 Å². The Labute approximate surface area is 139 Å². The molecule has 2 aromatic rings. The number of urea groups is 1. The van der Waals surface area contributed by atoms with Gasteiger partial charge in [-0.2, -0.15) is 0 Å². The lowest BCUT2D eigenvalue weighted by molar-refractivity contribution is 0.253. The number of para-hydroxylation sites is 2. The molecule has 0 aliphatic heterocycles. The Morgan fingerprint density at radius 2 is 1.30 bits per heavy atom. The molecule has 0 N–H and O–H groups in total. The summed E-state index contributed by atoms with van der Waals surface area (Å²) in [6, 6.07) is 16.0. The fraction of sp³-hybridized carbons (Fsp3) is 0.350. The molecule has 0 saturated carbocycles. The number of anilines is 2. The molecule has 0 radical (unpaired) electrons. The Morgan fingerprint density at radius 1 is 0.826 bits per heavy atom. The third kappa shape index (κ3) is 3.55. The minimum absolute atomic E-state index is 0.0215. The van der Waals surface area contributed by atoms with Gasteiger partial charge < -0.3 is 0 Å². The van der Waals surface area contributed by atoms with Gasteiger partial charge in [-0.25, -0.2) is 4.79 Å². The molecule has 0 aliphatic carbocycles.